The second-order valence-electron chi connectivity index (χ2n) is 6.71. The number of hydrogen-bond donors (Lipinski definition) is 0. The predicted octanol–water partition coefficient (Wildman–Crippen LogP) is 3.86. The predicted molar refractivity (Wildman–Crippen MR) is 101 cm³/mol. The van der Waals surface area contributed by atoms with E-state index in [0.717, 1.165) is 30.8 Å². The average molecular weight is 385 g/mol. The minimum absolute atomic E-state index is 0.0846. The van der Waals surface area contributed by atoms with Crippen LogP contribution in [0.1, 0.15) is 24.0 Å². The normalized spacial score (nSPS) is 17.4. The summed E-state index contributed by atoms with van der Waals surface area (Å²) in [5, 5.41) is 0.557. The summed E-state index contributed by atoms with van der Waals surface area (Å²) in [6, 6.07) is 13.1. The third-order valence-corrected chi connectivity index (χ3v) is 5.24. The van der Waals surface area contributed by atoms with Crippen LogP contribution in [0.5, 0.6) is 0 Å². The van der Waals surface area contributed by atoms with Gasteiger partial charge in [-0.05, 0) is 36.6 Å². The maximum atomic E-state index is 14.1. The largest absolute Gasteiger partial charge is 0.366 e. The molecule has 0 saturated carbocycles. The van der Waals surface area contributed by atoms with Gasteiger partial charge in [-0.2, -0.15) is 0 Å². The number of imide groups is 1. The van der Waals surface area contributed by atoms with Gasteiger partial charge in [-0.15, -0.1) is 0 Å². The SMILES string of the molecule is O=C1C(c2ccc(Cl)cc2)=C(N2CCCC2)C(=O)N1Cc1ccccc1F. The van der Waals surface area contributed by atoms with Gasteiger partial charge < -0.3 is 4.90 Å². The lowest BCUT2D eigenvalue weighted by atomic mass is 10.0. The summed E-state index contributed by atoms with van der Waals surface area (Å²) in [7, 11) is 0. The maximum absolute atomic E-state index is 14.1. The number of carbonyl (C=O) groups is 2. The van der Waals surface area contributed by atoms with Crippen LogP contribution in [0.3, 0.4) is 0 Å². The van der Waals surface area contributed by atoms with Crippen LogP contribution in [0.25, 0.3) is 5.57 Å². The van der Waals surface area contributed by atoms with Crippen LogP contribution in [0.4, 0.5) is 4.39 Å². The van der Waals surface area contributed by atoms with E-state index in [-0.39, 0.29) is 12.5 Å². The first kappa shape index (κ1) is 17.7. The monoisotopic (exact) mass is 384 g/mol. The molecule has 0 bridgehead atoms. The molecule has 1 fully saturated rings. The fourth-order valence-corrected chi connectivity index (χ4v) is 3.74. The van der Waals surface area contributed by atoms with Crippen molar-refractivity contribution in [2.75, 3.05) is 13.1 Å². The molecule has 0 radical (unpaired) electrons. The Kier molecular flexibility index (Phi) is 4.70. The van der Waals surface area contributed by atoms with Gasteiger partial charge in [0.15, 0.2) is 0 Å². The summed E-state index contributed by atoms with van der Waals surface area (Å²) < 4.78 is 14.1. The molecule has 138 valence electrons. The molecule has 6 heteroatoms. The van der Waals surface area contributed by atoms with Crippen LogP contribution in [-0.4, -0.2) is 34.7 Å². The van der Waals surface area contributed by atoms with Gasteiger partial charge in [-0.1, -0.05) is 41.9 Å². The van der Waals surface area contributed by atoms with Gasteiger partial charge in [0.1, 0.15) is 11.5 Å². The van der Waals surface area contributed by atoms with Crippen molar-refractivity contribution in [2.24, 2.45) is 0 Å². The zero-order valence-electron chi connectivity index (χ0n) is 14.6. The van der Waals surface area contributed by atoms with E-state index in [2.05, 4.69) is 0 Å². The molecule has 0 aromatic heterocycles. The van der Waals surface area contributed by atoms with Crippen molar-refractivity contribution in [1.82, 2.24) is 9.80 Å². The van der Waals surface area contributed by atoms with Crippen molar-refractivity contribution in [1.29, 1.82) is 0 Å². The van der Waals surface area contributed by atoms with E-state index in [4.69, 9.17) is 11.6 Å². The second-order valence-corrected chi connectivity index (χ2v) is 7.15. The Labute approximate surface area is 161 Å². The highest BCUT2D eigenvalue weighted by atomic mass is 35.5. The zero-order chi connectivity index (χ0) is 19.0. The molecule has 0 aliphatic carbocycles. The number of benzene rings is 2. The third-order valence-electron chi connectivity index (χ3n) is 4.99. The zero-order valence-corrected chi connectivity index (χ0v) is 15.4. The smallest absolute Gasteiger partial charge is 0.278 e. The average Bonchev–Trinajstić information content (AvgIpc) is 3.26. The summed E-state index contributed by atoms with van der Waals surface area (Å²) in [5.74, 6) is -1.19. The minimum Gasteiger partial charge on any atom is -0.366 e. The van der Waals surface area contributed by atoms with Gasteiger partial charge in [0.05, 0.1) is 12.1 Å². The van der Waals surface area contributed by atoms with E-state index in [1.165, 1.54) is 6.07 Å². The topological polar surface area (TPSA) is 40.6 Å². The Hall–Kier alpha value is -2.66. The van der Waals surface area contributed by atoms with Crippen LogP contribution in [-0.2, 0) is 16.1 Å². The minimum atomic E-state index is -0.430. The number of likely N-dealkylation sites (tertiary alicyclic amines) is 1. The van der Waals surface area contributed by atoms with E-state index >= 15 is 0 Å². The van der Waals surface area contributed by atoms with Gasteiger partial charge >= 0.3 is 0 Å². The van der Waals surface area contributed by atoms with Crippen LogP contribution in [0, 0.1) is 5.82 Å². The van der Waals surface area contributed by atoms with Crippen LogP contribution in [0.2, 0.25) is 5.02 Å². The van der Waals surface area contributed by atoms with Gasteiger partial charge in [0.2, 0.25) is 0 Å². The first-order chi connectivity index (χ1) is 13.1. The Bertz CT molecular complexity index is 933. The maximum Gasteiger partial charge on any atom is 0.278 e. The summed E-state index contributed by atoms with van der Waals surface area (Å²) in [5.41, 5.74) is 1.75. The fraction of sp³-hybridized carbons (Fsp3) is 0.238. The molecule has 4 rings (SSSR count). The number of hydrogen-bond acceptors (Lipinski definition) is 3. The molecule has 0 unspecified atom stereocenters. The third kappa shape index (κ3) is 3.23. The molecule has 0 spiro atoms. The van der Waals surface area contributed by atoms with E-state index in [9.17, 15) is 14.0 Å². The summed E-state index contributed by atoms with van der Waals surface area (Å²) in [6.07, 6.45) is 1.96. The van der Waals surface area contributed by atoms with Gasteiger partial charge in [-0.3, -0.25) is 14.5 Å². The molecule has 27 heavy (non-hydrogen) atoms. The van der Waals surface area contributed by atoms with E-state index in [1.54, 1.807) is 42.5 Å². The van der Waals surface area contributed by atoms with Crippen molar-refractivity contribution >= 4 is 29.0 Å². The van der Waals surface area contributed by atoms with Crippen molar-refractivity contribution in [3.05, 3.63) is 76.2 Å². The number of amides is 2. The molecule has 1 saturated heterocycles. The Morgan fingerprint density at radius 2 is 1.59 bits per heavy atom. The number of carbonyl (C=O) groups excluding carboxylic acids is 2. The molecular formula is C21H18ClFN2O2. The first-order valence-corrected chi connectivity index (χ1v) is 9.29. The molecule has 2 aliphatic heterocycles. The number of halogens is 2. The number of rotatable bonds is 4. The fourth-order valence-electron chi connectivity index (χ4n) is 3.61. The molecule has 2 aromatic rings. The molecule has 2 aliphatic rings. The van der Waals surface area contributed by atoms with Crippen LogP contribution >= 0.6 is 11.6 Å². The summed E-state index contributed by atoms with van der Waals surface area (Å²) in [4.78, 5) is 29.4. The second kappa shape index (κ2) is 7.16. The highest BCUT2D eigenvalue weighted by molar-refractivity contribution is 6.35. The molecule has 2 amide bonds. The number of nitrogens with zero attached hydrogens (tertiary/aromatic N) is 2. The molecular weight excluding hydrogens is 367 g/mol. The Balaban J connectivity index is 1.75. The van der Waals surface area contributed by atoms with Crippen molar-refractivity contribution in [2.45, 2.75) is 19.4 Å². The molecule has 4 nitrogen and oxygen atoms in total. The van der Waals surface area contributed by atoms with Crippen molar-refractivity contribution in [3.8, 4) is 0 Å². The standard InChI is InChI=1S/C21H18ClFN2O2/c22-16-9-7-14(8-10-16)18-19(24-11-3-4-12-24)21(27)25(20(18)26)13-15-5-1-2-6-17(15)23/h1-2,5-10H,3-4,11-13H2. The molecule has 0 atom stereocenters. The summed E-state index contributed by atoms with van der Waals surface area (Å²) in [6.45, 7) is 1.39. The van der Waals surface area contributed by atoms with Gasteiger partial charge in [0.25, 0.3) is 11.8 Å². The van der Waals surface area contributed by atoms with Gasteiger partial charge in [-0.25, -0.2) is 4.39 Å². The molecule has 0 N–H and O–H groups in total. The quantitative estimate of drug-likeness (QED) is 0.752. The molecule has 2 aromatic carbocycles. The molecule has 2 heterocycles. The lowest BCUT2D eigenvalue weighted by Crippen LogP contribution is -2.34. The highest BCUT2D eigenvalue weighted by Gasteiger charge is 2.42. The summed E-state index contributed by atoms with van der Waals surface area (Å²) >= 11 is 5.97. The lowest BCUT2D eigenvalue weighted by Gasteiger charge is -2.20. The van der Waals surface area contributed by atoms with Crippen molar-refractivity contribution < 1.29 is 14.0 Å². The first-order valence-electron chi connectivity index (χ1n) is 8.91. The van der Waals surface area contributed by atoms with E-state index < -0.39 is 11.7 Å². The Morgan fingerprint density at radius 3 is 2.26 bits per heavy atom. The highest BCUT2D eigenvalue weighted by Crippen LogP contribution is 2.34. The van der Waals surface area contributed by atoms with Gasteiger partial charge in [0, 0.05) is 23.7 Å². The van der Waals surface area contributed by atoms with E-state index in [1.807, 2.05) is 4.90 Å². The van der Waals surface area contributed by atoms with E-state index in [0.29, 0.717) is 27.4 Å². The Morgan fingerprint density at radius 1 is 0.926 bits per heavy atom. The lowest BCUT2D eigenvalue weighted by molar-refractivity contribution is -0.138. The van der Waals surface area contributed by atoms with Crippen LogP contribution < -0.4 is 0 Å². The van der Waals surface area contributed by atoms with Crippen molar-refractivity contribution in [3.63, 3.8) is 0 Å². The van der Waals surface area contributed by atoms with Crippen LogP contribution in [0.15, 0.2) is 54.2 Å².